The number of hydrogen-bond donors (Lipinski definition) is 2. The third-order valence-corrected chi connectivity index (χ3v) is 6.74. The summed E-state index contributed by atoms with van der Waals surface area (Å²) >= 11 is 0. The van der Waals surface area contributed by atoms with Gasteiger partial charge in [-0.2, -0.15) is 0 Å². The molecule has 2 aliphatic rings. The van der Waals surface area contributed by atoms with Crippen LogP contribution >= 0.6 is 0 Å². The van der Waals surface area contributed by atoms with E-state index in [2.05, 4.69) is 39.8 Å². The number of ether oxygens (including phenoxy) is 2. The second-order valence-corrected chi connectivity index (χ2v) is 10.1. The van der Waals surface area contributed by atoms with Crippen LogP contribution in [-0.4, -0.2) is 54.7 Å². The molecule has 1 aliphatic carbocycles. The van der Waals surface area contributed by atoms with Crippen molar-refractivity contribution in [1.82, 2.24) is 10.2 Å². The Balaban J connectivity index is 1.26. The minimum absolute atomic E-state index is 0.158. The summed E-state index contributed by atoms with van der Waals surface area (Å²) in [5, 5.41) is 5.68. The van der Waals surface area contributed by atoms with E-state index >= 15 is 0 Å². The largest absolute Gasteiger partial charge is 0.485 e. The fourth-order valence-corrected chi connectivity index (χ4v) is 5.02. The minimum Gasteiger partial charge on any atom is -0.485 e. The Morgan fingerprint density at radius 2 is 1.97 bits per heavy atom. The molecule has 0 bridgehead atoms. The lowest BCUT2D eigenvalue weighted by molar-refractivity contribution is -0.131. The molecule has 1 heterocycles. The molecular formula is C28H37N3O4. The minimum atomic E-state index is -0.350. The lowest BCUT2D eigenvalue weighted by atomic mass is 9.78. The second-order valence-electron chi connectivity index (χ2n) is 10.1. The van der Waals surface area contributed by atoms with Crippen molar-refractivity contribution in [3.63, 3.8) is 0 Å². The van der Waals surface area contributed by atoms with Crippen molar-refractivity contribution >= 4 is 18.0 Å². The molecule has 0 atom stereocenters. The van der Waals surface area contributed by atoms with Gasteiger partial charge >= 0.3 is 0 Å². The van der Waals surface area contributed by atoms with Gasteiger partial charge in [-0.3, -0.25) is 14.5 Å². The van der Waals surface area contributed by atoms with E-state index in [1.807, 2.05) is 20.8 Å². The third kappa shape index (κ3) is 6.61. The van der Waals surface area contributed by atoms with Crippen molar-refractivity contribution in [2.24, 2.45) is 0 Å². The van der Waals surface area contributed by atoms with E-state index < -0.39 is 0 Å². The molecule has 0 radical (unpaired) electrons. The standard InChI is InChI=1S/C28H37N3O4/c1-20(2)34-24-16-28(3,17-24)35-26-10-9-22(15-25(26)30-19-32)27(33)29-12-6-13-31-14-11-21-7-4-5-8-23(21)18-31/h4-5,7-10,15,19-20,24H,6,11-14,16-18H2,1-3H3,(H,29,33)(H,30,32). The normalized spacial score (nSPS) is 21.7. The van der Waals surface area contributed by atoms with Gasteiger partial charge in [-0.1, -0.05) is 24.3 Å². The predicted molar refractivity (Wildman–Crippen MR) is 137 cm³/mol. The molecule has 2 aromatic rings. The fraction of sp³-hybridized carbons (Fsp3) is 0.500. The number of nitrogens with one attached hydrogen (secondary N) is 2. The lowest BCUT2D eigenvalue weighted by Crippen LogP contribution is -2.51. The molecular weight excluding hydrogens is 442 g/mol. The fourth-order valence-electron chi connectivity index (χ4n) is 5.02. The molecule has 2 aromatic carbocycles. The maximum absolute atomic E-state index is 12.7. The summed E-state index contributed by atoms with van der Waals surface area (Å²) < 4.78 is 12.1. The lowest BCUT2D eigenvalue weighted by Gasteiger charge is -2.45. The summed E-state index contributed by atoms with van der Waals surface area (Å²) in [6.45, 7) is 9.66. The van der Waals surface area contributed by atoms with Gasteiger partial charge in [-0.25, -0.2) is 0 Å². The molecule has 0 spiro atoms. The van der Waals surface area contributed by atoms with Crippen LogP contribution in [0.3, 0.4) is 0 Å². The van der Waals surface area contributed by atoms with Crippen LogP contribution in [0.1, 0.15) is 61.5 Å². The Bertz CT molecular complexity index is 1030. The van der Waals surface area contributed by atoms with Crippen molar-refractivity contribution in [2.45, 2.75) is 70.8 Å². The Hall–Kier alpha value is -2.90. The van der Waals surface area contributed by atoms with E-state index in [1.165, 1.54) is 11.1 Å². The molecule has 4 rings (SSSR count). The van der Waals surface area contributed by atoms with Crippen LogP contribution in [-0.2, 0) is 22.5 Å². The SMILES string of the molecule is CC(C)OC1CC(C)(Oc2ccc(C(=O)NCCCN3CCc4ccccc4C3)cc2NC=O)C1. The summed E-state index contributed by atoms with van der Waals surface area (Å²) in [5.41, 5.74) is 3.48. The first-order valence-electron chi connectivity index (χ1n) is 12.6. The first-order valence-corrected chi connectivity index (χ1v) is 12.6. The van der Waals surface area contributed by atoms with Crippen LogP contribution in [0.25, 0.3) is 0 Å². The van der Waals surface area contributed by atoms with Crippen LogP contribution in [0.15, 0.2) is 42.5 Å². The Labute approximate surface area is 208 Å². The number of nitrogens with zero attached hydrogens (tertiary/aromatic N) is 1. The average molecular weight is 480 g/mol. The molecule has 7 nitrogen and oxygen atoms in total. The topological polar surface area (TPSA) is 79.9 Å². The summed E-state index contributed by atoms with van der Waals surface area (Å²) in [6, 6.07) is 13.8. The predicted octanol–water partition coefficient (Wildman–Crippen LogP) is 4.16. The quantitative estimate of drug-likeness (QED) is 0.374. The van der Waals surface area contributed by atoms with E-state index in [0.717, 1.165) is 45.3 Å². The van der Waals surface area contributed by atoms with Gasteiger partial charge in [0, 0.05) is 44.6 Å². The van der Waals surface area contributed by atoms with Gasteiger partial charge in [0.05, 0.1) is 17.9 Å². The van der Waals surface area contributed by atoms with Crippen LogP contribution in [0.2, 0.25) is 0 Å². The summed E-state index contributed by atoms with van der Waals surface area (Å²) in [5.74, 6) is 0.402. The highest BCUT2D eigenvalue weighted by Crippen LogP contribution is 2.41. The summed E-state index contributed by atoms with van der Waals surface area (Å²) in [6.07, 6.45) is 4.51. The van der Waals surface area contributed by atoms with Gasteiger partial charge in [0.15, 0.2) is 0 Å². The van der Waals surface area contributed by atoms with Gasteiger partial charge in [0.2, 0.25) is 6.41 Å². The maximum atomic E-state index is 12.7. The molecule has 0 unspecified atom stereocenters. The number of fused-ring (bicyclic) bond motifs is 1. The number of carbonyl (C=O) groups excluding carboxylic acids is 2. The molecule has 2 N–H and O–H groups in total. The van der Waals surface area contributed by atoms with E-state index in [4.69, 9.17) is 9.47 Å². The van der Waals surface area contributed by atoms with Gasteiger partial charge in [0.25, 0.3) is 5.91 Å². The Morgan fingerprint density at radius 1 is 1.20 bits per heavy atom. The van der Waals surface area contributed by atoms with Crippen LogP contribution in [0.5, 0.6) is 5.75 Å². The van der Waals surface area contributed by atoms with Crippen molar-refractivity contribution in [3.05, 3.63) is 59.2 Å². The van der Waals surface area contributed by atoms with E-state index in [9.17, 15) is 9.59 Å². The molecule has 0 aromatic heterocycles. The van der Waals surface area contributed by atoms with E-state index in [1.54, 1.807) is 18.2 Å². The van der Waals surface area contributed by atoms with E-state index in [0.29, 0.717) is 30.0 Å². The van der Waals surface area contributed by atoms with Gasteiger partial charge < -0.3 is 20.1 Å². The van der Waals surface area contributed by atoms with Crippen LogP contribution in [0, 0.1) is 0 Å². The molecule has 1 aliphatic heterocycles. The number of rotatable bonds is 11. The number of hydrogen-bond acceptors (Lipinski definition) is 5. The molecule has 0 saturated heterocycles. The second kappa shape index (κ2) is 11.2. The molecule has 1 fully saturated rings. The molecule has 7 heteroatoms. The molecule has 1 saturated carbocycles. The highest BCUT2D eigenvalue weighted by Gasteiger charge is 2.44. The zero-order valence-electron chi connectivity index (χ0n) is 21.0. The summed E-state index contributed by atoms with van der Waals surface area (Å²) in [4.78, 5) is 26.3. The van der Waals surface area contributed by atoms with Gasteiger partial charge in [-0.05, 0) is 62.9 Å². The first-order chi connectivity index (χ1) is 16.8. The molecule has 188 valence electrons. The van der Waals surface area contributed by atoms with Crippen molar-refractivity contribution < 1.29 is 19.1 Å². The van der Waals surface area contributed by atoms with Crippen molar-refractivity contribution in [2.75, 3.05) is 25.0 Å². The van der Waals surface area contributed by atoms with Crippen molar-refractivity contribution in [3.8, 4) is 5.75 Å². The number of benzene rings is 2. The number of carbonyl (C=O) groups is 2. The first kappa shape index (κ1) is 25.2. The number of amides is 2. The molecule has 2 amide bonds. The van der Waals surface area contributed by atoms with Crippen LogP contribution in [0.4, 0.5) is 5.69 Å². The van der Waals surface area contributed by atoms with Crippen LogP contribution < -0.4 is 15.4 Å². The average Bonchev–Trinajstić information content (AvgIpc) is 2.81. The Kier molecular flexibility index (Phi) is 8.08. The van der Waals surface area contributed by atoms with Gasteiger partial charge in [0.1, 0.15) is 11.4 Å². The highest BCUT2D eigenvalue weighted by atomic mass is 16.5. The Morgan fingerprint density at radius 3 is 2.71 bits per heavy atom. The van der Waals surface area contributed by atoms with Crippen molar-refractivity contribution in [1.29, 1.82) is 0 Å². The van der Waals surface area contributed by atoms with E-state index in [-0.39, 0.29) is 23.7 Å². The smallest absolute Gasteiger partial charge is 0.251 e. The zero-order valence-corrected chi connectivity index (χ0v) is 21.0. The van der Waals surface area contributed by atoms with Gasteiger partial charge in [-0.15, -0.1) is 0 Å². The maximum Gasteiger partial charge on any atom is 0.251 e. The monoisotopic (exact) mass is 479 g/mol. The zero-order chi connectivity index (χ0) is 24.8. The number of anilines is 1. The third-order valence-electron chi connectivity index (χ3n) is 6.74. The highest BCUT2D eigenvalue weighted by molar-refractivity contribution is 5.96. The summed E-state index contributed by atoms with van der Waals surface area (Å²) in [7, 11) is 0. The molecule has 35 heavy (non-hydrogen) atoms.